The van der Waals surface area contributed by atoms with Gasteiger partial charge in [-0.25, -0.2) is 4.68 Å². The molecule has 0 aliphatic carbocycles. The van der Waals surface area contributed by atoms with Crippen molar-refractivity contribution in [1.82, 2.24) is 15.9 Å². The van der Waals surface area contributed by atoms with Gasteiger partial charge in [0.2, 0.25) is 5.88 Å². The number of nitrogens with one attached hydrogen (secondary N) is 1. The molecule has 1 atom stereocenters. The van der Waals surface area contributed by atoms with Crippen LogP contribution in [0.1, 0.15) is 23.6 Å². The summed E-state index contributed by atoms with van der Waals surface area (Å²) in [6.07, 6.45) is 0.999. The number of rotatable bonds is 6. The molecule has 2 heterocycles. The molecule has 1 saturated heterocycles. The highest BCUT2D eigenvalue weighted by Crippen LogP contribution is 2.38. The zero-order chi connectivity index (χ0) is 24.2. The lowest BCUT2D eigenvalue weighted by molar-refractivity contribution is 0.152. The van der Waals surface area contributed by atoms with Crippen LogP contribution in [0.3, 0.4) is 0 Å². The third-order valence-electron chi connectivity index (χ3n) is 6.08. The predicted octanol–water partition coefficient (Wildman–Crippen LogP) is 5.71. The average molecular weight is 525 g/mol. The molecule has 0 spiro atoms. The summed E-state index contributed by atoms with van der Waals surface area (Å²) in [5, 5.41) is 14.6. The van der Waals surface area contributed by atoms with Gasteiger partial charge in [0.15, 0.2) is 0 Å². The van der Waals surface area contributed by atoms with Crippen LogP contribution in [0.2, 0.25) is 5.02 Å². The average Bonchev–Trinajstić information content (AvgIpc) is 3.06. The molecular weight excluding hydrogens is 496 g/mol. The summed E-state index contributed by atoms with van der Waals surface area (Å²) < 4.78 is 7.12. The van der Waals surface area contributed by atoms with E-state index in [1.165, 1.54) is 4.68 Å². The fourth-order valence-corrected chi connectivity index (χ4v) is 5.45. The Balaban J connectivity index is 0.00000304. The first-order chi connectivity index (χ1) is 17.1. The lowest BCUT2D eigenvalue weighted by Crippen LogP contribution is -2.25. The Kier molecular flexibility index (Phi) is 8.43. The van der Waals surface area contributed by atoms with Crippen molar-refractivity contribution in [3.63, 3.8) is 0 Å². The number of anilines is 1. The van der Waals surface area contributed by atoms with E-state index >= 15 is 0 Å². The summed E-state index contributed by atoms with van der Waals surface area (Å²) in [6, 6.07) is 25.0. The van der Waals surface area contributed by atoms with E-state index in [4.69, 9.17) is 16.3 Å². The van der Waals surface area contributed by atoms with Gasteiger partial charge in [-0.05, 0) is 41.8 Å². The Morgan fingerprint density at radius 3 is 2.36 bits per heavy atom. The maximum atomic E-state index is 12.9. The molecule has 0 saturated carbocycles. The van der Waals surface area contributed by atoms with Gasteiger partial charge in [0.1, 0.15) is 10.9 Å². The summed E-state index contributed by atoms with van der Waals surface area (Å²) in [5.41, 5.74) is 2.65. The predicted molar refractivity (Wildman–Crippen MR) is 145 cm³/mol. The zero-order valence-corrected chi connectivity index (χ0v) is 21.3. The minimum Gasteiger partial charge on any atom is -0.493 e. The third-order valence-corrected chi connectivity index (χ3v) is 7.67. The minimum atomic E-state index is -0.411. The largest absolute Gasteiger partial charge is 0.493 e. The number of halogens is 1. The van der Waals surface area contributed by atoms with Gasteiger partial charge in [0.05, 0.1) is 11.6 Å². The molecule has 4 aromatic rings. The van der Waals surface area contributed by atoms with Crippen molar-refractivity contribution in [2.24, 2.45) is 0 Å². The molecule has 1 fully saturated rings. The molecule has 7 nitrogen and oxygen atoms in total. The Labute approximate surface area is 219 Å². The minimum absolute atomic E-state index is 0. The van der Waals surface area contributed by atoms with Crippen LogP contribution in [0.4, 0.5) is 5.69 Å². The SMILES string of the molecule is N.O=c1[nH]n(C(c2ccccc2)c2ccc(N3CCCOCC3)cc2)c(O)c1Sc1ccccc1Cl. The first-order valence-corrected chi connectivity index (χ1v) is 12.7. The molecule has 36 heavy (non-hydrogen) atoms. The molecule has 9 heteroatoms. The van der Waals surface area contributed by atoms with E-state index < -0.39 is 6.04 Å². The highest BCUT2D eigenvalue weighted by Gasteiger charge is 2.25. The molecule has 1 aromatic heterocycles. The molecule has 188 valence electrons. The molecule has 1 unspecified atom stereocenters. The number of nitrogens with zero attached hydrogens (tertiary/aromatic N) is 2. The van der Waals surface area contributed by atoms with Crippen LogP contribution in [-0.4, -0.2) is 41.2 Å². The third kappa shape index (κ3) is 5.47. The van der Waals surface area contributed by atoms with Crippen LogP contribution >= 0.6 is 23.4 Å². The summed E-state index contributed by atoms with van der Waals surface area (Å²) >= 11 is 7.45. The molecule has 3 aromatic carbocycles. The number of ether oxygens (including phenoxy) is 1. The monoisotopic (exact) mass is 524 g/mol. The van der Waals surface area contributed by atoms with Gasteiger partial charge in [-0.1, -0.05) is 78.0 Å². The van der Waals surface area contributed by atoms with E-state index in [-0.39, 0.29) is 22.5 Å². The summed E-state index contributed by atoms with van der Waals surface area (Å²) in [5.74, 6) is -0.123. The van der Waals surface area contributed by atoms with Gasteiger partial charge in [0.25, 0.3) is 5.56 Å². The van der Waals surface area contributed by atoms with Crippen molar-refractivity contribution in [3.8, 4) is 5.88 Å². The second-order valence-corrected chi connectivity index (χ2v) is 9.81. The maximum absolute atomic E-state index is 12.9. The van der Waals surface area contributed by atoms with Crippen molar-refractivity contribution >= 4 is 29.1 Å². The Morgan fingerprint density at radius 2 is 1.61 bits per heavy atom. The first kappa shape index (κ1) is 25.9. The normalized spacial score (nSPS) is 14.6. The molecular formula is C27H29ClN4O3S. The van der Waals surface area contributed by atoms with Crippen molar-refractivity contribution in [1.29, 1.82) is 0 Å². The van der Waals surface area contributed by atoms with Gasteiger partial charge in [0, 0.05) is 30.3 Å². The van der Waals surface area contributed by atoms with Crippen molar-refractivity contribution in [2.75, 3.05) is 31.2 Å². The molecule has 5 rings (SSSR count). The second-order valence-electron chi connectivity index (χ2n) is 8.35. The molecule has 0 radical (unpaired) electrons. The van der Waals surface area contributed by atoms with E-state index in [2.05, 4.69) is 34.3 Å². The van der Waals surface area contributed by atoms with Crippen LogP contribution in [0.25, 0.3) is 0 Å². The van der Waals surface area contributed by atoms with E-state index in [1.54, 1.807) is 6.07 Å². The quantitative estimate of drug-likeness (QED) is 0.298. The highest BCUT2D eigenvalue weighted by atomic mass is 35.5. The van der Waals surface area contributed by atoms with Crippen LogP contribution < -0.4 is 16.6 Å². The van der Waals surface area contributed by atoms with Crippen LogP contribution in [-0.2, 0) is 4.74 Å². The lowest BCUT2D eigenvalue weighted by atomic mass is 9.98. The molecule has 0 amide bonds. The van der Waals surface area contributed by atoms with Gasteiger partial charge >= 0.3 is 0 Å². The number of aromatic amines is 1. The van der Waals surface area contributed by atoms with Crippen LogP contribution in [0, 0.1) is 0 Å². The Hall–Kier alpha value is -3.17. The van der Waals surface area contributed by atoms with E-state index in [9.17, 15) is 9.90 Å². The van der Waals surface area contributed by atoms with Gasteiger partial charge in [-0.15, -0.1) is 0 Å². The number of H-pyrrole nitrogens is 1. The number of hydrogen-bond donors (Lipinski definition) is 3. The van der Waals surface area contributed by atoms with Crippen molar-refractivity contribution in [3.05, 3.63) is 105 Å². The first-order valence-electron chi connectivity index (χ1n) is 11.6. The van der Waals surface area contributed by atoms with Gasteiger partial charge < -0.3 is 20.9 Å². The van der Waals surface area contributed by atoms with Crippen LogP contribution in [0.15, 0.2) is 93.4 Å². The summed E-state index contributed by atoms with van der Waals surface area (Å²) in [4.78, 5) is 16.2. The number of benzene rings is 3. The highest BCUT2D eigenvalue weighted by molar-refractivity contribution is 7.99. The molecule has 5 N–H and O–H groups in total. The fraction of sp³-hybridized carbons (Fsp3) is 0.222. The van der Waals surface area contributed by atoms with Crippen LogP contribution in [0.5, 0.6) is 5.88 Å². The van der Waals surface area contributed by atoms with Crippen molar-refractivity contribution in [2.45, 2.75) is 22.3 Å². The maximum Gasteiger partial charge on any atom is 0.282 e. The summed E-state index contributed by atoms with van der Waals surface area (Å²) in [7, 11) is 0. The van der Waals surface area contributed by atoms with Crippen molar-refractivity contribution < 1.29 is 9.84 Å². The van der Waals surface area contributed by atoms with E-state index in [1.807, 2.05) is 48.5 Å². The van der Waals surface area contributed by atoms with E-state index in [0.29, 0.717) is 9.92 Å². The topological polar surface area (TPSA) is 105 Å². The Bertz CT molecular complexity index is 1330. The lowest BCUT2D eigenvalue weighted by Gasteiger charge is -2.24. The second kappa shape index (κ2) is 11.7. The smallest absolute Gasteiger partial charge is 0.282 e. The van der Waals surface area contributed by atoms with E-state index in [0.717, 1.165) is 61.3 Å². The molecule has 0 bridgehead atoms. The Morgan fingerprint density at radius 1 is 0.917 bits per heavy atom. The standard InChI is InChI=1S/C27H26ClN3O3S.H3N/c28-22-9-4-5-10-23(22)35-25-26(32)29-31(27(25)33)24(19-7-2-1-3-8-19)20-11-13-21(14-12-20)30-15-6-17-34-18-16-30;/h1-5,7-14,24,33H,6,15-18H2,(H,29,32);1H3. The number of aromatic hydroxyl groups is 1. The molecule has 1 aliphatic rings. The fourth-order valence-electron chi connectivity index (χ4n) is 4.34. The zero-order valence-electron chi connectivity index (χ0n) is 19.8. The number of aromatic nitrogens is 2. The number of hydrogen-bond acceptors (Lipinski definition) is 6. The summed E-state index contributed by atoms with van der Waals surface area (Å²) in [6.45, 7) is 3.32. The molecule has 1 aliphatic heterocycles. The van der Waals surface area contributed by atoms with Gasteiger partial charge in [-0.3, -0.25) is 9.89 Å². The van der Waals surface area contributed by atoms with Gasteiger partial charge in [-0.2, -0.15) is 0 Å².